The number of aldehydes is 1. The van der Waals surface area contributed by atoms with Gasteiger partial charge in [-0.25, -0.2) is 9.97 Å². The fourth-order valence-corrected chi connectivity index (χ4v) is 2.55. The average Bonchev–Trinajstić information content (AvgIpc) is 2.78. The maximum Gasteiger partial charge on any atom is 0.174 e. The zero-order valence-corrected chi connectivity index (χ0v) is 9.47. The van der Waals surface area contributed by atoms with Crippen LogP contribution in [0.15, 0.2) is 12.4 Å². The van der Waals surface area contributed by atoms with E-state index in [0.717, 1.165) is 38.0 Å². The first-order valence-corrected chi connectivity index (χ1v) is 5.92. The zero-order valence-electron chi connectivity index (χ0n) is 9.47. The second-order valence-electron chi connectivity index (χ2n) is 4.34. The van der Waals surface area contributed by atoms with E-state index in [1.807, 2.05) is 0 Å². The smallest absolute Gasteiger partial charge is 0.174 e. The summed E-state index contributed by atoms with van der Waals surface area (Å²) < 4.78 is 0. The van der Waals surface area contributed by atoms with Crippen LogP contribution in [0.4, 0.5) is 11.6 Å². The van der Waals surface area contributed by atoms with Crippen LogP contribution in [0.5, 0.6) is 0 Å². The van der Waals surface area contributed by atoms with Crippen molar-refractivity contribution in [1.82, 2.24) is 15.3 Å². The van der Waals surface area contributed by atoms with Gasteiger partial charge >= 0.3 is 0 Å². The van der Waals surface area contributed by atoms with Crippen LogP contribution < -0.4 is 15.5 Å². The van der Waals surface area contributed by atoms with Gasteiger partial charge in [-0.05, 0) is 25.9 Å². The summed E-state index contributed by atoms with van der Waals surface area (Å²) >= 11 is 0. The van der Waals surface area contributed by atoms with Gasteiger partial charge in [0.15, 0.2) is 24.1 Å². The van der Waals surface area contributed by atoms with Crippen LogP contribution in [0.3, 0.4) is 0 Å². The van der Waals surface area contributed by atoms with Gasteiger partial charge in [0.05, 0.1) is 0 Å². The van der Waals surface area contributed by atoms with Crippen molar-refractivity contribution in [3.05, 3.63) is 12.4 Å². The Morgan fingerprint density at radius 2 is 2.06 bits per heavy atom. The molecule has 0 amide bonds. The first-order chi connectivity index (χ1) is 8.40. The fraction of sp³-hybridized carbons (Fsp3) is 0.545. The summed E-state index contributed by atoms with van der Waals surface area (Å²) in [6, 6.07) is 0.358. The highest BCUT2D eigenvalue weighted by Crippen LogP contribution is 2.33. The lowest BCUT2D eigenvalue weighted by Gasteiger charge is -2.34. The Hall–Kier alpha value is -1.69. The molecule has 0 aliphatic carbocycles. The molecule has 2 aliphatic rings. The van der Waals surface area contributed by atoms with Crippen LogP contribution in [0.2, 0.25) is 0 Å². The van der Waals surface area contributed by atoms with E-state index in [2.05, 4.69) is 25.5 Å². The van der Waals surface area contributed by atoms with E-state index >= 15 is 0 Å². The molecule has 6 heteroatoms. The molecule has 3 rings (SSSR count). The van der Waals surface area contributed by atoms with E-state index in [0.29, 0.717) is 11.9 Å². The van der Waals surface area contributed by atoms with Crippen molar-refractivity contribution in [1.29, 1.82) is 0 Å². The van der Waals surface area contributed by atoms with Crippen LogP contribution in [-0.4, -0.2) is 41.6 Å². The summed E-state index contributed by atoms with van der Waals surface area (Å²) in [7, 11) is 0. The number of carbonyl (C=O) groups is 1. The van der Waals surface area contributed by atoms with Crippen molar-refractivity contribution in [2.75, 3.05) is 23.3 Å². The summed E-state index contributed by atoms with van der Waals surface area (Å²) in [5.74, 6) is 1.51. The largest absolute Gasteiger partial charge is 0.341 e. The number of hydrogen-bond donors (Lipinski definition) is 2. The predicted molar refractivity (Wildman–Crippen MR) is 63.9 cm³/mol. The SMILES string of the molecule is O=CC1Nc2nccnc2N1C1CCNCC1. The second kappa shape index (κ2) is 4.29. The van der Waals surface area contributed by atoms with E-state index in [4.69, 9.17) is 0 Å². The number of carbonyl (C=O) groups excluding carboxylic acids is 1. The molecule has 1 unspecified atom stereocenters. The van der Waals surface area contributed by atoms with Gasteiger partial charge in [-0.2, -0.15) is 0 Å². The monoisotopic (exact) mass is 233 g/mol. The summed E-state index contributed by atoms with van der Waals surface area (Å²) in [6.45, 7) is 1.98. The zero-order chi connectivity index (χ0) is 11.7. The third kappa shape index (κ3) is 1.74. The molecule has 1 aromatic heterocycles. The van der Waals surface area contributed by atoms with Crippen molar-refractivity contribution in [3.8, 4) is 0 Å². The predicted octanol–water partition coefficient (Wildman–Crippen LogP) is -0.0145. The van der Waals surface area contributed by atoms with Crippen molar-refractivity contribution in [3.63, 3.8) is 0 Å². The number of piperidine rings is 1. The highest BCUT2D eigenvalue weighted by atomic mass is 16.1. The maximum absolute atomic E-state index is 11.2. The Morgan fingerprint density at radius 3 is 2.82 bits per heavy atom. The van der Waals surface area contributed by atoms with Crippen LogP contribution in [-0.2, 0) is 4.79 Å². The maximum atomic E-state index is 11.2. The molecular weight excluding hydrogens is 218 g/mol. The van der Waals surface area contributed by atoms with Crippen LogP contribution in [0.1, 0.15) is 12.8 Å². The van der Waals surface area contributed by atoms with Gasteiger partial charge in [0.1, 0.15) is 0 Å². The number of anilines is 2. The number of fused-ring (bicyclic) bond motifs is 1. The highest BCUT2D eigenvalue weighted by molar-refractivity contribution is 5.80. The molecule has 1 fully saturated rings. The minimum Gasteiger partial charge on any atom is -0.341 e. The number of nitrogens with one attached hydrogen (secondary N) is 2. The summed E-state index contributed by atoms with van der Waals surface area (Å²) in [6.07, 6.45) is 5.96. The number of nitrogens with zero attached hydrogens (tertiary/aromatic N) is 3. The van der Waals surface area contributed by atoms with E-state index < -0.39 is 0 Å². The minimum absolute atomic E-state index is 0.324. The van der Waals surface area contributed by atoms with Gasteiger partial charge in [0.25, 0.3) is 0 Å². The average molecular weight is 233 g/mol. The molecule has 0 saturated carbocycles. The second-order valence-corrected chi connectivity index (χ2v) is 4.34. The molecule has 1 aromatic rings. The fourth-order valence-electron chi connectivity index (χ4n) is 2.55. The van der Waals surface area contributed by atoms with Crippen molar-refractivity contribution in [2.45, 2.75) is 25.0 Å². The van der Waals surface area contributed by atoms with E-state index in [1.54, 1.807) is 12.4 Å². The Labute approximate surface area is 99.4 Å². The molecule has 90 valence electrons. The quantitative estimate of drug-likeness (QED) is 0.700. The number of hydrogen-bond acceptors (Lipinski definition) is 6. The molecule has 0 spiro atoms. The number of rotatable bonds is 2. The van der Waals surface area contributed by atoms with Crippen LogP contribution in [0.25, 0.3) is 0 Å². The van der Waals surface area contributed by atoms with Crippen LogP contribution >= 0.6 is 0 Å². The first kappa shape index (κ1) is 10.5. The van der Waals surface area contributed by atoms with Crippen molar-refractivity contribution in [2.24, 2.45) is 0 Å². The third-order valence-electron chi connectivity index (χ3n) is 3.34. The van der Waals surface area contributed by atoms with Gasteiger partial charge in [-0.15, -0.1) is 0 Å². The molecular formula is C11H15N5O. The van der Waals surface area contributed by atoms with Gasteiger partial charge in [-0.1, -0.05) is 0 Å². The standard InChI is InChI=1S/C11H15N5O/c17-7-9-15-10-11(14-6-5-13-10)16(9)8-1-3-12-4-2-8/h5-9,12H,1-4H2,(H,13,15). The Morgan fingerprint density at radius 1 is 1.29 bits per heavy atom. The molecule has 1 saturated heterocycles. The molecule has 2 N–H and O–H groups in total. The van der Waals surface area contributed by atoms with E-state index in [9.17, 15) is 4.79 Å². The molecule has 0 radical (unpaired) electrons. The molecule has 6 nitrogen and oxygen atoms in total. The Balaban J connectivity index is 1.92. The topological polar surface area (TPSA) is 70.2 Å². The summed E-state index contributed by atoms with van der Waals surface area (Å²) in [5.41, 5.74) is 0. The normalized spacial score (nSPS) is 24.2. The minimum atomic E-state index is -0.324. The van der Waals surface area contributed by atoms with Crippen molar-refractivity contribution < 1.29 is 4.79 Å². The van der Waals surface area contributed by atoms with Crippen LogP contribution in [0, 0.1) is 0 Å². The van der Waals surface area contributed by atoms with Gasteiger partial charge in [0.2, 0.25) is 0 Å². The molecule has 1 atom stereocenters. The third-order valence-corrected chi connectivity index (χ3v) is 3.34. The molecule has 0 bridgehead atoms. The molecule has 17 heavy (non-hydrogen) atoms. The summed E-state index contributed by atoms with van der Waals surface area (Å²) in [5, 5.41) is 6.42. The summed E-state index contributed by atoms with van der Waals surface area (Å²) in [4.78, 5) is 21.8. The Kier molecular flexibility index (Phi) is 2.64. The lowest BCUT2D eigenvalue weighted by molar-refractivity contribution is -0.108. The number of aromatic nitrogens is 2. The lowest BCUT2D eigenvalue weighted by Crippen LogP contribution is -2.49. The van der Waals surface area contributed by atoms with E-state index in [-0.39, 0.29) is 6.17 Å². The molecule has 2 aliphatic heterocycles. The Bertz CT molecular complexity index is 418. The molecule has 3 heterocycles. The van der Waals surface area contributed by atoms with Crippen molar-refractivity contribution >= 4 is 17.9 Å². The lowest BCUT2D eigenvalue weighted by atomic mass is 10.0. The van der Waals surface area contributed by atoms with E-state index in [1.165, 1.54) is 0 Å². The van der Waals surface area contributed by atoms with Gasteiger partial charge in [0, 0.05) is 18.4 Å². The van der Waals surface area contributed by atoms with Gasteiger partial charge < -0.3 is 15.5 Å². The molecule has 0 aromatic carbocycles. The highest BCUT2D eigenvalue weighted by Gasteiger charge is 2.36. The first-order valence-electron chi connectivity index (χ1n) is 5.92. The van der Waals surface area contributed by atoms with Gasteiger partial charge in [-0.3, -0.25) is 4.79 Å².